The van der Waals surface area contributed by atoms with Gasteiger partial charge in [0.1, 0.15) is 10.7 Å². The quantitative estimate of drug-likeness (QED) is 0.911. The summed E-state index contributed by atoms with van der Waals surface area (Å²) >= 11 is 0. The number of nitrogens with zero attached hydrogens (tertiary/aromatic N) is 2. The highest BCUT2D eigenvalue weighted by Crippen LogP contribution is 2.21. The summed E-state index contributed by atoms with van der Waals surface area (Å²) in [6.07, 6.45) is 2.79. The van der Waals surface area contributed by atoms with Crippen LogP contribution in [0.2, 0.25) is 0 Å². The maximum Gasteiger partial charge on any atom is 0.244 e. The third-order valence-corrected chi connectivity index (χ3v) is 5.66. The van der Waals surface area contributed by atoms with E-state index in [0.29, 0.717) is 18.9 Å². The van der Waals surface area contributed by atoms with Gasteiger partial charge in [0.2, 0.25) is 10.0 Å². The van der Waals surface area contributed by atoms with Crippen LogP contribution in [-0.2, 0) is 22.9 Å². The first-order valence-corrected chi connectivity index (χ1v) is 8.30. The Hall–Kier alpha value is -1.92. The molecule has 0 unspecified atom stereocenters. The number of rotatable bonds is 2. The highest BCUT2D eigenvalue weighted by molar-refractivity contribution is 7.89. The summed E-state index contributed by atoms with van der Waals surface area (Å²) in [6, 6.07) is 11.1. The van der Waals surface area contributed by atoms with Crippen molar-refractivity contribution in [2.75, 3.05) is 18.8 Å². The lowest BCUT2D eigenvalue weighted by Gasteiger charge is -2.19. The third kappa shape index (κ3) is 2.77. The van der Waals surface area contributed by atoms with E-state index in [0.717, 1.165) is 12.8 Å². The molecule has 110 valence electrons. The summed E-state index contributed by atoms with van der Waals surface area (Å²) in [5.41, 5.74) is 7.97. The fourth-order valence-corrected chi connectivity index (χ4v) is 3.97. The minimum Gasteiger partial charge on any atom is -0.384 e. The van der Waals surface area contributed by atoms with Crippen LogP contribution in [0.5, 0.6) is 0 Å². The van der Waals surface area contributed by atoms with Gasteiger partial charge in [-0.1, -0.05) is 24.3 Å². The van der Waals surface area contributed by atoms with E-state index in [-0.39, 0.29) is 4.90 Å². The zero-order chi connectivity index (χ0) is 14.9. The Morgan fingerprint density at radius 1 is 1.00 bits per heavy atom. The van der Waals surface area contributed by atoms with Gasteiger partial charge < -0.3 is 5.73 Å². The molecule has 0 spiro atoms. The van der Waals surface area contributed by atoms with Crippen LogP contribution < -0.4 is 5.73 Å². The Balaban J connectivity index is 1.86. The molecule has 0 saturated carbocycles. The molecular weight excluding hydrogens is 286 g/mol. The molecule has 2 aromatic rings. The normalized spacial score (nSPS) is 16.2. The largest absolute Gasteiger partial charge is 0.384 e. The first kappa shape index (κ1) is 14.0. The number of pyridine rings is 1. The molecule has 0 fully saturated rings. The highest BCUT2D eigenvalue weighted by Gasteiger charge is 2.26. The van der Waals surface area contributed by atoms with Gasteiger partial charge in [-0.25, -0.2) is 13.4 Å². The fourth-order valence-electron chi connectivity index (χ4n) is 2.58. The maximum absolute atomic E-state index is 12.6. The summed E-state index contributed by atoms with van der Waals surface area (Å²) in [7, 11) is -3.50. The van der Waals surface area contributed by atoms with Crippen molar-refractivity contribution < 1.29 is 8.42 Å². The van der Waals surface area contributed by atoms with Crippen LogP contribution in [-0.4, -0.2) is 30.8 Å². The van der Waals surface area contributed by atoms with Crippen molar-refractivity contribution in [1.82, 2.24) is 9.29 Å². The number of nitrogen functional groups attached to an aromatic ring is 1. The van der Waals surface area contributed by atoms with Crippen LogP contribution >= 0.6 is 0 Å². The van der Waals surface area contributed by atoms with Gasteiger partial charge >= 0.3 is 0 Å². The molecule has 1 aliphatic rings. The van der Waals surface area contributed by atoms with Crippen molar-refractivity contribution in [1.29, 1.82) is 0 Å². The number of hydrogen-bond acceptors (Lipinski definition) is 4. The van der Waals surface area contributed by atoms with Gasteiger partial charge in [0.25, 0.3) is 0 Å². The standard InChI is InChI=1S/C15H17N3O2S/c16-15-6-5-14(11-17-15)21(19,20)18-9-7-12-3-1-2-4-13(12)8-10-18/h1-6,11H,7-10H2,(H2,16,17). The summed E-state index contributed by atoms with van der Waals surface area (Å²) < 4.78 is 26.8. The maximum atomic E-state index is 12.6. The molecule has 1 aliphatic heterocycles. The zero-order valence-corrected chi connectivity index (χ0v) is 12.4. The Kier molecular flexibility index (Phi) is 3.65. The lowest BCUT2D eigenvalue weighted by Crippen LogP contribution is -2.33. The van der Waals surface area contributed by atoms with Gasteiger partial charge in [-0.05, 0) is 36.1 Å². The SMILES string of the molecule is Nc1ccc(S(=O)(=O)N2CCc3ccccc3CC2)cn1. The molecule has 21 heavy (non-hydrogen) atoms. The molecule has 0 aliphatic carbocycles. The van der Waals surface area contributed by atoms with E-state index in [1.165, 1.54) is 33.8 Å². The molecule has 6 heteroatoms. The van der Waals surface area contributed by atoms with Crippen molar-refractivity contribution in [2.24, 2.45) is 0 Å². The smallest absolute Gasteiger partial charge is 0.244 e. The van der Waals surface area contributed by atoms with Crippen LogP contribution in [0.15, 0.2) is 47.5 Å². The second-order valence-electron chi connectivity index (χ2n) is 5.09. The second kappa shape index (κ2) is 5.46. The molecule has 5 nitrogen and oxygen atoms in total. The number of fused-ring (bicyclic) bond motifs is 1. The van der Waals surface area contributed by atoms with Crippen LogP contribution in [0.25, 0.3) is 0 Å². The number of aromatic nitrogens is 1. The van der Waals surface area contributed by atoms with E-state index in [9.17, 15) is 8.42 Å². The van der Waals surface area contributed by atoms with E-state index in [1.807, 2.05) is 12.1 Å². The number of anilines is 1. The number of benzene rings is 1. The molecule has 1 aromatic carbocycles. The molecule has 2 heterocycles. The minimum absolute atomic E-state index is 0.197. The summed E-state index contributed by atoms with van der Waals surface area (Å²) in [5.74, 6) is 0.317. The topological polar surface area (TPSA) is 76.3 Å². The Morgan fingerprint density at radius 2 is 1.62 bits per heavy atom. The van der Waals surface area contributed by atoms with Crippen LogP contribution in [0.4, 0.5) is 5.82 Å². The number of sulfonamides is 1. The molecular formula is C15H17N3O2S. The highest BCUT2D eigenvalue weighted by atomic mass is 32.2. The van der Waals surface area contributed by atoms with E-state index in [4.69, 9.17) is 5.73 Å². The molecule has 0 radical (unpaired) electrons. The first-order chi connectivity index (χ1) is 10.1. The van der Waals surface area contributed by atoms with Crippen LogP contribution in [0.3, 0.4) is 0 Å². The van der Waals surface area contributed by atoms with Crippen molar-refractivity contribution in [2.45, 2.75) is 17.7 Å². The van der Waals surface area contributed by atoms with Gasteiger partial charge in [0, 0.05) is 19.3 Å². The van der Waals surface area contributed by atoms with E-state index in [2.05, 4.69) is 17.1 Å². The van der Waals surface area contributed by atoms with Crippen molar-refractivity contribution in [3.8, 4) is 0 Å². The van der Waals surface area contributed by atoms with Crippen LogP contribution in [0, 0.1) is 0 Å². The molecule has 0 amide bonds. The van der Waals surface area contributed by atoms with Gasteiger partial charge in [0.05, 0.1) is 0 Å². The predicted molar refractivity (Wildman–Crippen MR) is 81.3 cm³/mol. The molecule has 2 N–H and O–H groups in total. The summed E-state index contributed by atoms with van der Waals surface area (Å²) in [6.45, 7) is 0.980. The van der Waals surface area contributed by atoms with Crippen LogP contribution in [0.1, 0.15) is 11.1 Å². The Labute approximate surface area is 124 Å². The summed E-state index contributed by atoms with van der Waals surface area (Å²) in [4.78, 5) is 4.07. The molecule has 0 saturated heterocycles. The van der Waals surface area contributed by atoms with Crippen molar-refractivity contribution in [3.63, 3.8) is 0 Å². The van der Waals surface area contributed by atoms with Gasteiger partial charge in [0.15, 0.2) is 0 Å². The van der Waals surface area contributed by atoms with Gasteiger partial charge in [-0.15, -0.1) is 0 Å². The third-order valence-electron chi connectivity index (χ3n) is 3.78. The van der Waals surface area contributed by atoms with E-state index >= 15 is 0 Å². The number of hydrogen-bond donors (Lipinski definition) is 1. The van der Waals surface area contributed by atoms with Gasteiger partial charge in [-0.3, -0.25) is 0 Å². The molecule has 1 aromatic heterocycles. The van der Waals surface area contributed by atoms with E-state index < -0.39 is 10.0 Å². The lowest BCUT2D eigenvalue weighted by molar-refractivity contribution is 0.426. The minimum atomic E-state index is -3.50. The average Bonchev–Trinajstić information content (AvgIpc) is 2.70. The summed E-state index contributed by atoms with van der Waals surface area (Å²) in [5, 5.41) is 0. The lowest BCUT2D eigenvalue weighted by atomic mass is 10.0. The predicted octanol–water partition coefficient (Wildman–Crippen LogP) is 1.45. The van der Waals surface area contributed by atoms with Gasteiger partial charge in [-0.2, -0.15) is 4.31 Å². The van der Waals surface area contributed by atoms with Crippen molar-refractivity contribution in [3.05, 3.63) is 53.7 Å². The Bertz CT molecular complexity index is 715. The van der Waals surface area contributed by atoms with Crippen molar-refractivity contribution >= 4 is 15.8 Å². The first-order valence-electron chi connectivity index (χ1n) is 6.86. The molecule has 0 bridgehead atoms. The average molecular weight is 303 g/mol. The fraction of sp³-hybridized carbons (Fsp3) is 0.267. The zero-order valence-electron chi connectivity index (χ0n) is 11.6. The monoisotopic (exact) mass is 303 g/mol. The van der Waals surface area contributed by atoms with E-state index in [1.54, 1.807) is 0 Å². The number of nitrogens with two attached hydrogens (primary N) is 1. The second-order valence-corrected chi connectivity index (χ2v) is 7.03. The molecule has 3 rings (SSSR count). The Morgan fingerprint density at radius 3 is 2.14 bits per heavy atom. The molecule has 0 atom stereocenters.